The van der Waals surface area contributed by atoms with Gasteiger partial charge in [0.05, 0.1) is 10.5 Å². The van der Waals surface area contributed by atoms with E-state index in [1.54, 1.807) is 11.3 Å². The van der Waals surface area contributed by atoms with Crippen molar-refractivity contribution in [2.24, 2.45) is 5.92 Å². The summed E-state index contributed by atoms with van der Waals surface area (Å²) in [6, 6.07) is 1.97. The van der Waals surface area contributed by atoms with E-state index in [1.165, 1.54) is 0 Å². The summed E-state index contributed by atoms with van der Waals surface area (Å²) in [6.45, 7) is 5.90. The van der Waals surface area contributed by atoms with Gasteiger partial charge in [-0.1, -0.05) is 13.8 Å². The molecule has 0 radical (unpaired) electrons. The molecule has 1 heterocycles. The highest BCUT2D eigenvalue weighted by Crippen LogP contribution is 2.37. The third kappa shape index (κ3) is 1.73. The predicted octanol–water partition coefficient (Wildman–Crippen LogP) is 3.37. The van der Waals surface area contributed by atoms with Crippen LogP contribution in [-0.2, 0) is 5.60 Å². The molecule has 1 nitrogen and oxygen atoms in total. The first-order valence-electron chi connectivity index (χ1n) is 3.92. The largest absolute Gasteiger partial charge is 0.384 e. The maximum Gasteiger partial charge on any atom is 0.0993 e. The zero-order valence-electron chi connectivity index (χ0n) is 7.47. The third-order valence-electron chi connectivity index (χ3n) is 2.20. The van der Waals surface area contributed by atoms with Gasteiger partial charge in [-0.2, -0.15) is 0 Å². The molecule has 0 fully saturated rings. The smallest absolute Gasteiger partial charge is 0.0993 e. The molecule has 3 heteroatoms. The van der Waals surface area contributed by atoms with Gasteiger partial charge in [-0.05, 0) is 40.2 Å². The maximum absolute atomic E-state index is 10.1. The SMILES string of the molecule is CC(C)C(C)(O)c1sccc1Br. The average Bonchev–Trinajstić information content (AvgIpc) is 2.35. The molecule has 0 amide bonds. The summed E-state index contributed by atoms with van der Waals surface area (Å²) in [4.78, 5) is 1.01. The van der Waals surface area contributed by atoms with Crippen LogP contribution < -0.4 is 0 Å². The van der Waals surface area contributed by atoms with Gasteiger partial charge in [0, 0.05) is 4.47 Å². The highest BCUT2D eigenvalue weighted by Gasteiger charge is 2.30. The van der Waals surface area contributed by atoms with Crippen LogP contribution >= 0.6 is 27.3 Å². The monoisotopic (exact) mass is 248 g/mol. The highest BCUT2D eigenvalue weighted by molar-refractivity contribution is 9.10. The van der Waals surface area contributed by atoms with Gasteiger partial charge in [0.2, 0.25) is 0 Å². The first-order valence-corrected chi connectivity index (χ1v) is 5.59. The fraction of sp³-hybridized carbons (Fsp3) is 0.556. The lowest BCUT2D eigenvalue weighted by molar-refractivity contribution is 0.0120. The van der Waals surface area contributed by atoms with Gasteiger partial charge in [-0.25, -0.2) is 0 Å². The molecule has 0 aliphatic carbocycles. The van der Waals surface area contributed by atoms with Gasteiger partial charge in [0.25, 0.3) is 0 Å². The number of rotatable bonds is 2. The fourth-order valence-corrected chi connectivity index (χ4v) is 2.90. The molecule has 0 saturated heterocycles. The van der Waals surface area contributed by atoms with Gasteiger partial charge >= 0.3 is 0 Å². The van der Waals surface area contributed by atoms with E-state index in [0.717, 1.165) is 9.35 Å². The van der Waals surface area contributed by atoms with E-state index in [1.807, 2.05) is 32.2 Å². The van der Waals surface area contributed by atoms with E-state index in [2.05, 4.69) is 15.9 Å². The van der Waals surface area contributed by atoms with Gasteiger partial charge in [-0.3, -0.25) is 0 Å². The molecule has 0 bridgehead atoms. The Balaban J connectivity index is 3.05. The zero-order valence-corrected chi connectivity index (χ0v) is 9.87. The number of hydrogen-bond donors (Lipinski definition) is 1. The van der Waals surface area contributed by atoms with Crippen molar-refractivity contribution in [2.75, 3.05) is 0 Å². The van der Waals surface area contributed by atoms with Crippen LogP contribution in [0.3, 0.4) is 0 Å². The van der Waals surface area contributed by atoms with Gasteiger partial charge in [0.15, 0.2) is 0 Å². The molecule has 0 aliphatic rings. The standard InChI is InChI=1S/C9H13BrOS/c1-6(2)9(3,11)8-7(10)4-5-12-8/h4-6,11H,1-3H3. The normalized spacial score (nSPS) is 16.5. The van der Waals surface area contributed by atoms with Crippen LogP contribution in [0.4, 0.5) is 0 Å². The Morgan fingerprint density at radius 1 is 1.58 bits per heavy atom. The first-order chi connectivity index (χ1) is 5.46. The lowest BCUT2D eigenvalue weighted by Gasteiger charge is -2.26. The summed E-state index contributed by atoms with van der Waals surface area (Å²) in [5.74, 6) is 0.229. The second-order valence-electron chi connectivity index (χ2n) is 3.40. The van der Waals surface area contributed by atoms with Gasteiger partial charge in [-0.15, -0.1) is 11.3 Å². The molecule has 0 aliphatic heterocycles. The first kappa shape index (κ1) is 10.2. The van der Waals surface area contributed by atoms with Crippen molar-refractivity contribution >= 4 is 27.3 Å². The summed E-state index contributed by atoms with van der Waals surface area (Å²) in [5.41, 5.74) is -0.715. The van der Waals surface area contributed by atoms with Gasteiger partial charge < -0.3 is 5.11 Å². The molecular weight excluding hydrogens is 236 g/mol. The predicted molar refractivity (Wildman–Crippen MR) is 56.4 cm³/mol. The molecule has 0 spiro atoms. The molecule has 1 aromatic rings. The van der Waals surface area contributed by atoms with E-state index >= 15 is 0 Å². The zero-order chi connectivity index (χ0) is 9.35. The quantitative estimate of drug-likeness (QED) is 0.851. The Kier molecular flexibility index (Phi) is 2.97. The van der Waals surface area contributed by atoms with Crippen molar-refractivity contribution in [1.29, 1.82) is 0 Å². The van der Waals surface area contributed by atoms with Crippen LogP contribution in [0.15, 0.2) is 15.9 Å². The molecule has 1 aromatic heterocycles. The lowest BCUT2D eigenvalue weighted by atomic mass is 9.91. The minimum absolute atomic E-state index is 0.229. The maximum atomic E-state index is 10.1. The minimum atomic E-state index is -0.715. The van der Waals surface area contributed by atoms with Crippen molar-refractivity contribution in [1.82, 2.24) is 0 Å². The number of aliphatic hydroxyl groups is 1. The Hall–Kier alpha value is 0.140. The lowest BCUT2D eigenvalue weighted by Crippen LogP contribution is -2.27. The molecule has 1 unspecified atom stereocenters. The number of halogens is 1. The second kappa shape index (κ2) is 3.48. The van der Waals surface area contributed by atoms with Crippen LogP contribution in [-0.4, -0.2) is 5.11 Å². The van der Waals surface area contributed by atoms with E-state index in [4.69, 9.17) is 0 Å². The molecule has 1 rings (SSSR count). The van der Waals surface area contributed by atoms with Crippen LogP contribution in [0, 0.1) is 5.92 Å². The Morgan fingerprint density at radius 2 is 2.17 bits per heavy atom. The highest BCUT2D eigenvalue weighted by atomic mass is 79.9. The van der Waals surface area contributed by atoms with E-state index in [0.29, 0.717) is 0 Å². The van der Waals surface area contributed by atoms with Crippen molar-refractivity contribution in [2.45, 2.75) is 26.4 Å². The van der Waals surface area contributed by atoms with Crippen LogP contribution in [0.5, 0.6) is 0 Å². The van der Waals surface area contributed by atoms with Crippen LogP contribution in [0.2, 0.25) is 0 Å². The molecule has 12 heavy (non-hydrogen) atoms. The fourth-order valence-electron chi connectivity index (χ4n) is 0.917. The van der Waals surface area contributed by atoms with E-state index in [9.17, 15) is 5.11 Å². The van der Waals surface area contributed by atoms with Crippen molar-refractivity contribution in [3.05, 3.63) is 20.8 Å². The minimum Gasteiger partial charge on any atom is -0.384 e. The van der Waals surface area contributed by atoms with Crippen LogP contribution in [0.1, 0.15) is 25.6 Å². The van der Waals surface area contributed by atoms with E-state index in [-0.39, 0.29) is 5.92 Å². The molecular formula is C9H13BrOS. The Bertz CT molecular complexity index is 265. The number of hydrogen-bond acceptors (Lipinski definition) is 2. The summed E-state index contributed by atoms with van der Waals surface area (Å²) < 4.78 is 1.01. The van der Waals surface area contributed by atoms with Crippen LogP contribution in [0.25, 0.3) is 0 Å². The number of thiophene rings is 1. The van der Waals surface area contributed by atoms with Gasteiger partial charge in [0.1, 0.15) is 0 Å². The van der Waals surface area contributed by atoms with Crippen molar-refractivity contribution < 1.29 is 5.11 Å². The Labute approximate surface area is 85.6 Å². The second-order valence-corrected chi connectivity index (χ2v) is 5.17. The Morgan fingerprint density at radius 3 is 2.50 bits per heavy atom. The molecule has 0 saturated carbocycles. The third-order valence-corrected chi connectivity index (χ3v) is 4.27. The molecule has 68 valence electrons. The van der Waals surface area contributed by atoms with Crippen molar-refractivity contribution in [3.8, 4) is 0 Å². The topological polar surface area (TPSA) is 20.2 Å². The summed E-state index contributed by atoms with van der Waals surface area (Å²) >= 11 is 5.01. The van der Waals surface area contributed by atoms with Crippen molar-refractivity contribution in [3.63, 3.8) is 0 Å². The summed E-state index contributed by atoms with van der Waals surface area (Å²) in [7, 11) is 0. The molecule has 1 N–H and O–H groups in total. The van der Waals surface area contributed by atoms with E-state index < -0.39 is 5.60 Å². The molecule has 0 aromatic carbocycles. The summed E-state index contributed by atoms with van der Waals surface area (Å²) in [6.07, 6.45) is 0. The average molecular weight is 249 g/mol. The summed E-state index contributed by atoms with van der Waals surface area (Å²) in [5, 5.41) is 12.1. The molecule has 1 atom stereocenters.